The summed E-state index contributed by atoms with van der Waals surface area (Å²) < 4.78 is 0. The van der Waals surface area contributed by atoms with Crippen LogP contribution in [0.5, 0.6) is 0 Å². The van der Waals surface area contributed by atoms with Gasteiger partial charge in [-0.25, -0.2) is 0 Å². The van der Waals surface area contributed by atoms with Gasteiger partial charge >= 0.3 is 0 Å². The maximum Gasteiger partial charge on any atom is 0.229 e. The van der Waals surface area contributed by atoms with Crippen LogP contribution in [-0.4, -0.2) is 59.6 Å². The molecule has 0 aromatic carbocycles. The highest BCUT2D eigenvalue weighted by Gasteiger charge is 2.72. The number of hydrogen-bond donors (Lipinski definition) is 1. The second-order valence-corrected chi connectivity index (χ2v) is 16.9. The first-order valence-corrected chi connectivity index (χ1v) is 17.1. The molecule has 1 aliphatic heterocycles. The number of rotatable bonds is 3. The maximum atomic E-state index is 14.7. The SMILES string of the molecule is C=C(C)[C@@H]1CC[C@]2(C(=O)N3CCN(CC)CC3)CC[C@]3(C)[C@H](CC[C@@H]4[C@@]5(C)CC[C@H](O)C(C)(C)[C@@H]5CC[C@]43C)[C@@H]12. The van der Waals surface area contributed by atoms with Crippen molar-refractivity contribution in [2.24, 2.45) is 56.7 Å². The van der Waals surface area contributed by atoms with E-state index in [1.807, 2.05) is 0 Å². The van der Waals surface area contributed by atoms with Gasteiger partial charge in [-0.05, 0) is 129 Å². The van der Waals surface area contributed by atoms with E-state index in [-0.39, 0.29) is 22.3 Å². The minimum atomic E-state index is -0.177. The van der Waals surface area contributed by atoms with Gasteiger partial charge in [0.15, 0.2) is 0 Å². The predicted molar refractivity (Wildman–Crippen MR) is 164 cm³/mol. The third kappa shape index (κ3) is 3.72. The molecule has 0 unspecified atom stereocenters. The molecule has 6 rings (SSSR count). The van der Waals surface area contributed by atoms with Gasteiger partial charge in [0.2, 0.25) is 5.91 Å². The van der Waals surface area contributed by atoms with Crippen LogP contribution in [0.25, 0.3) is 0 Å². The Morgan fingerprint density at radius 3 is 2.17 bits per heavy atom. The number of carbonyl (C=O) groups is 1. The zero-order chi connectivity index (χ0) is 28.9. The van der Waals surface area contributed by atoms with E-state index in [1.165, 1.54) is 44.1 Å². The normalized spacial score (nSPS) is 50.4. The van der Waals surface area contributed by atoms with Crippen LogP contribution in [0.4, 0.5) is 0 Å². The molecular formula is C36H60N2O2. The summed E-state index contributed by atoms with van der Waals surface area (Å²) in [5.41, 5.74) is 2.00. The molecule has 6 aliphatic rings. The Bertz CT molecular complexity index is 1030. The molecule has 1 amide bonds. The number of nitrogens with zero attached hydrogens (tertiary/aromatic N) is 2. The van der Waals surface area contributed by atoms with Gasteiger partial charge < -0.3 is 14.9 Å². The first-order chi connectivity index (χ1) is 18.8. The second-order valence-electron chi connectivity index (χ2n) is 16.9. The Kier molecular flexibility index (Phi) is 6.99. The van der Waals surface area contributed by atoms with Crippen molar-refractivity contribution in [3.63, 3.8) is 0 Å². The van der Waals surface area contributed by atoms with Gasteiger partial charge in [0.25, 0.3) is 0 Å². The van der Waals surface area contributed by atoms with E-state index in [4.69, 9.17) is 0 Å². The molecule has 0 aromatic rings. The Morgan fingerprint density at radius 2 is 1.52 bits per heavy atom. The van der Waals surface area contributed by atoms with Gasteiger partial charge in [-0.1, -0.05) is 53.7 Å². The third-order valence-corrected chi connectivity index (χ3v) is 15.6. The second kappa shape index (κ2) is 9.57. The van der Waals surface area contributed by atoms with Gasteiger partial charge in [0.1, 0.15) is 0 Å². The van der Waals surface area contributed by atoms with Gasteiger partial charge in [-0.3, -0.25) is 4.79 Å². The van der Waals surface area contributed by atoms with Gasteiger partial charge in [-0.15, -0.1) is 0 Å². The largest absolute Gasteiger partial charge is 0.393 e. The number of piperazine rings is 1. The molecule has 226 valence electrons. The number of fused-ring (bicyclic) bond motifs is 7. The third-order valence-electron chi connectivity index (χ3n) is 15.6. The topological polar surface area (TPSA) is 43.8 Å². The van der Waals surface area contributed by atoms with Gasteiger partial charge in [0.05, 0.1) is 11.5 Å². The monoisotopic (exact) mass is 552 g/mol. The number of likely N-dealkylation sites (N-methyl/N-ethyl adjacent to an activating group) is 1. The van der Waals surface area contributed by atoms with Crippen molar-refractivity contribution < 1.29 is 9.90 Å². The molecule has 0 bridgehead atoms. The quantitative estimate of drug-likeness (QED) is 0.378. The Morgan fingerprint density at radius 1 is 0.825 bits per heavy atom. The number of amides is 1. The molecule has 5 saturated carbocycles. The lowest BCUT2D eigenvalue weighted by Crippen LogP contribution is -2.67. The number of hydrogen-bond acceptors (Lipinski definition) is 3. The predicted octanol–water partition coefficient (Wildman–Crippen LogP) is 7.17. The van der Waals surface area contributed by atoms with Crippen molar-refractivity contribution in [1.29, 1.82) is 0 Å². The van der Waals surface area contributed by atoms with Gasteiger partial charge in [-0.2, -0.15) is 0 Å². The molecule has 6 fully saturated rings. The average molecular weight is 553 g/mol. The van der Waals surface area contributed by atoms with Crippen molar-refractivity contribution in [3.8, 4) is 0 Å². The molecule has 4 nitrogen and oxygen atoms in total. The molecule has 1 N–H and O–H groups in total. The van der Waals surface area contributed by atoms with Gasteiger partial charge in [0, 0.05) is 26.2 Å². The molecule has 0 aromatic heterocycles. The van der Waals surface area contributed by atoms with E-state index in [0.717, 1.165) is 58.4 Å². The van der Waals surface area contributed by atoms with E-state index in [1.54, 1.807) is 0 Å². The van der Waals surface area contributed by atoms with Crippen LogP contribution in [0, 0.1) is 56.7 Å². The minimum Gasteiger partial charge on any atom is -0.393 e. The molecule has 40 heavy (non-hydrogen) atoms. The smallest absolute Gasteiger partial charge is 0.229 e. The van der Waals surface area contributed by atoms with Crippen LogP contribution in [0.2, 0.25) is 0 Å². The van der Waals surface area contributed by atoms with E-state index >= 15 is 0 Å². The minimum absolute atomic E-state index is 0.00147. The lowest BCUT2D eigenvalue weighted by atomic mass is 9.32. The van der Waals surface area contributed by atoms with Crippen LogP contribution < -0.4 is 0 Å². The van der Waals surface area contributed by atoms with Crippen molar-refractivity contribution in [1.82, 2.24) is 9.80 Å². The summed E-state index contributed by atoms with van der Waals surface area (Å²) in [6, 6.07) is 0. The standard InChI is InChI=1S/C36H60N2O2/c1-9-37-20-22-38(23-21-37)31(40)36-17-12-25(24(2)3)30(36)26-10-11-28-33(6)15-14-29(39)32(4,5)27(33)13-16-35(28,8)34(26,7)18-19-36/h25-30,39H,2,9-23H2,1,3-8H3/t25-,26+,27-,28+,29-,30+,33-,34+,35+,36-/m0/s1. The summed E-state index contributed by atoms with van der Waals surface area (Å²) in [5, 5.41) is 11.0. The van der Waals surface area contributed by atoms with Crippen LogP contribution >= 0.6 is 0 Å². The average Bonchev–Trinajstić information content (AvgIpc) is 3.32. The van der Waals surface area contributed by atoms with Crippen LogP contribution in [-0.2, 0) is 4.79 Å². The summed E-state index contributed by atoms with van der Waals surface area (Å²) >= 11 is 0. The molecule has 10 atom stereocenters. The Hall–Kier alpha value is -0.870. The fourth-order valence-corrected chi connectivity index (χ4v) is 13.1. The summed E-state index contributed by atoms with van der Waals surface area (Å²) in [5.74, 6) is 3.36. The molecule has 0 spiro atoms. The van der Waals surface area contributed by atoms with Crippen molar-refractivity contribution in [3.05, 3.63) is 12.2 Å². The Balaban J connectivity index is 1.35. The molecule has 0 radical (unpaired) electrons. The lowest BCUT2D eigenvalue weighted by Gasteiger charge is -2.73. The van der Waals surface area contributed by atoms with E-state index in [2.05, 4.69) is 64.8 Å². The zero-order valence-electron chi connectivity index (χ0n) is 27.0. The number of allylic oxidation sites excluding steroid dienone is 1. The Labute approximate surface area is 245 Å². The highest BCUT2D eigenvalue weighted by molar-refractivity contribution is 5.84. The summed E-state index contributed by atoms with van der Waals surface area (Å²) in [6.07, 6.45) is 11.6. The first-order valence-electron chi connectivity index (χ1n) is 17.1. The van der Waals surface area contributed by atoms with E-state index < -0.39 is 0 Å². The fraction of sp³-hybridized carbons (Fsp3) is 0.917. The van der Waals surface area contributed by atoms with Crippen LogP contribution in [0.3, 0.4) is 0 Å². The highest BCUT2D eigenvalue weighted by Crippen LogP contribution is 2.77. The molecule has 5 aliphatic carbocycles. The summed E-state index contributed by atoms with van der Waals surface area (Å²) in [6.45, 7) is 26.7. The van der Waals surface area contributed by atoms with Crippen LogP contribution in [0.15, 0.2) is 12.2 Å². The van der Waals surface area contributed by atoms with Crippen molar-refractivity contribution in [2.45, 2.75) is 119 Å². The summed E-state index contributed by atoms with van der Waals surface area (Å²) in [4.78, 5) is 19.4. The maximum absolute atomic E-state index is 14.7. The van der Waals surface area contributed by atoms with Crippen molar-refractivity contribution >= 4 is 5.91 Å². The summed E-state index contributed by atoms with van der Waals surface area (Å²) in [7, 11) is 0. The fourth-order valence-electron chi connectivity index (χ4n) is 13.1. The molecular weight excluding hydrogens is 492 g/mol. The number of aliphatic hydroxyl groups excluding tert-OH is 1. The number of carbonyl (C=O) groups excluding carboxylic acids is 1. The highest BCUT2D eigenvalue weighted by atomic mass is 16.3. The zero-order valence-corrected chi connectivity index (χ0v) is 27.0. The van der Waals surface area contributed by atoms with E-state index in [0.29, 0.717) is 46.3 Å². The van der Waals surface area contributed by atoms with E-state index in [9.17, 15) is 9.90 Å². The molecule has 4 heteroatoms. The van der Waals surface area contributed by atoms with Crippen molar-refractivity contribution in [2.75, 3.05) is 32.7 Å². The van der Waals surface area contributed by atoms with Crippen LogP contribution in [0.1, 0.15) is 113 Å². The molecule has 1 heterocycles. The number of aliphatic hydroxyl groups is 1. The first kappa shape index (κ1) is 29.2. The lowest BCUT2D eigenvalue weighted by molar-refractivity contribution is -0.247. The molecule has 1 saturated heterocycles.